The average Bonchev–Trinajstić information content (AvgIpc) is 2.42. The molecule has 1 heterocycles. The minimum atomic E-state index is 0.00762. The van der Waals surface area contributed by atoms with Crippen molar-refractivity contribution in [3.63, 3.8) is 0 Å². The van der Waals surface area contributed by atoms with Gasteiger partial charge in [-0.05, 0) is 31.1 Å². The summed E-state index contributed by atoms with van der Waals surface area (Å²) in [7, 11) is 0. The van der Waals surface area contributed by atoms with Gasteiger partial charge in [-0.2, -0.15) is 0 Å². The van der Waals surface area contributed by atoms with Gasteiger partial charge in [-0.25, -0.2) is 0 Å². The molecule has 4 N–H and O–H groups in total. The first-order valence-corrected chi connectivity index (χ1v) is 7.38. The highest BCUT2D eigenvalue weighted by atomic mass is 16.5. The van der Waals surface area contributed by atoms with Crippen molar-refractivity contribution in [1.82, 2.24) is 5.32 Å². The molecule has 4 unspecified atom stereocenters. The van der Waals surface area contributed by atoms with E-state index in [2.05, 4.69) is 12.2 Å². The molecule has 0 spiro atoms. The maximum Gasteiger partial charge on any atom is 0.0509 e. The van der Waals surface area contributed by atoms with Crippen molar-refractivity contribution < 1.29 is 9.84 Å². The molecule has 0 bridgehead atoms. The number of nitrogens with two attached hydrogens (primary N) is 1. The van der Waals surface area contributed by atoms with E-state index in [0.717, 1.165) is 26.1 Å². The van der Waals surface area contributed by atoms with Crippen molar-refractivity contribution in [3.05, 3.63) is 0 Å². The molecule has 0 aromatic heterocycles. The van der Waals surface area contributed by atoms with Crippen LogP contribution in [0.25, 0.3) is 0 Å². The number of hydrogen-bond acceptors (Lipinski definition) is 4. The molecular formula is C14H28N2O2. The molecule has 1 aliphatic carbocycles. The number of aliphatic hydroxyl groups excluding tert-OH is 1. The van der Waals surface area contributed by atoms with Crippen molar-refractivity contribution in [2.75, 3.05) is 26.4 Å². The Bertz CT molecular complexity index is 262. The van der Waals surface area contributed by atoms with Crippen LogP contribution in [0.4, 0.5) is 0 Å². The molecule has 2 aliphatic rings. The molecule has 18 heavy (non-hydrogen) atoms. The van der Waals surface area contributed by atoms with Crippen molar-refractivity contribution >= 4 is 0 Å². The van der Waals surface area contributed by atoms with Crippen LogP contribution in [0, 0.1) is 11.8 Å². The van der Waals surface area contributed by atoms with Gasteiger partial charge < -0.3 is 20.9 Å². The zero-order chi connectivity index (χ0) is 13.0. The van der Waals surface area contributed by atoms with E-state index in [-0.39, 0.29) is 5.54 Å². The monoisotopic (exact) mass is 256 g/mol. The maximum atomic E-state index is 9.52. The summed E-state index contributed by atoms with van der Waals surface area (Å²) in [4.78, 5) is 0. The van der Waals surface area contributed by atoms with Gasteiger partial charge >= 0.3 is 0 Å². The minimum Gasteiger partial charge on any atom is -0.396 e. The highest BCUT2D eigenvalue weighted by molar-refractivity contribution is 4.99. The molecule has 4 heteroatoms. The fourth-order valence-corrected chi connectivity index (χ4v) is 3.48. The summed E-state index contributed by atoms with van der Waals surface area (Å²) in [6.07, 6.45) is 5.80. The topological polar surface area (TPSA) is 67.5 Å². The summed E-state index contributed by atoms with van der Waals surface area (Å²) in [5, 5.41) is 13.3. The lowest BCUT2D eigenvalue weighted by atomic mass is 9.77. The van der Waals surface area contributed by atoms with Gasteiger partial charge in [0, 0.05) is 31.3 Å². The number of hydrogen-bond donors (Lipinski definition) is 3. The molecule has 2 rings (SSSR count). The van der Waals surface area contributed by atoms with Gasteiger partial charge in [0.15, 0.2) is 0 Å². The van der Waals surface area contributed by atoms with E-state index in [1.807, 2.05) is 0 Å². The molecule has 4 atom stereocenters. The average molecular weight is 256 g/mol. The molecule has 0 aromatic rings. The van der Waals surface area contributed by atoms with Crippen LogP contribution in [0.3, 0.4) is 0 Å². The fourth-order valence-electron chi connectivity index (χ4n) is 3.48. The van der Waals surface area contributed by atoms with E-state index in [9.17, 15) is 5.11 Å². The maximum absolute atomic E-state index is 9.52. The SMILES string of the molecule is CC1COCCC1(CN)NC1CCCCC1CO. The predicted octanol–water partition coefficient (Wildman–Crippen LogP) is 0.881. The second-order valence-electron chi connectivity index (χ2n) is 6.06. The van der Waals surface area contributed by atoms with Crippen LogP contribution in [0.2, 0.25) is 0 Å². The number of nitrogens with one attached hydrogen (secondary N) is 1. The van der Waals surface area contributed by atoms with Crippen LogP contribution in [-0.4, -0.2) is 43.1 Å². The van der Waals surface area contributed by atoms with E-state index in [0.29, 0.717) is 31.0 Å². The first kappa shape index (κ1) is 14.3. The van der Waals surface area contributed by atoms with Gasteiger partial charge in [0.25, 0.3) is 0 Å². The zero-order valence-electron chi connectivity index (χ0n) is 11.5. The summed E-state index contributed by atoms with van der Waals surface area (Å²) in [6.45, 7) is 4.76. The smallest absolute Gasteiger partial charge is 0.0509 e. The third kappa shape index (κ3) is 2.87. The Balaban J connectivity index is 2.03. The zero-order valence-corrected chi connectivity index (χ0v) is 11.5. The van der Waals surface area contributed by atoms with Gasteiger partial charge in [-0.1, -0.05) is 19.8 Å². The highest BCUT2D eigenvalue weighted by Crippen LogP contribution is 2.31. The standard InChI is InChI=1S/C14H28N2O2/c1-11-9-18-7-6-14(11,10-15)16-13-5-3-2-4-12(13)8-17/h11-13,16-17H,2-10,15H2,1H3. The lowest BCUT2D eigenvalue weighted by Gasteiger charge is -2.47. The van der Waals surface area contributed by atoms with Crippen molar-refractivity contribution in [1.29, 1.82) is 0 Å². The van der Waals surface area contributed by atoms with Crippen LogP contribution in [0.15, 0.2) is 0 Å². The lowest BCUT2D eigenvalue weighted by Crippen LogP contribution is -2.64. The Morgan fingerprint density at radius 1 is 1.39 bits per heavy atom. The summed E-state index contributed by atoms with van der Waals surface area (Å²) < 4.78 is 5.54. The Morgan fingerprint density at radius 3 is 2.83 bits per heavy atom. The molecular weight excluding hydrogens is 228 g/mol. The van der Waals surface area contributed by atoms with E-state index in [1.54, 1.807) is 0 Å². The number of rotatable bonds is 4. The molecule has 1 aliphatic heterocycles. The molecule has 1 saturated heterocycles. The highest BCUT2D eigenvalue weighted by Gasteiger charge is 2.40. The van der Waals surface area contributed by atoms with Crippen LogP contribution >= 0.6 is 0 Å². The molecule has 2 fully saturated rings. The predicted molar refractivity (Wildman–Crippen MR) is 72.4 cm³/mol. The van der Waals surface area contributed by atoms with Gasteiger partial charge in [-0.15, -0.1) is 0 Å². The molecule has 4 nitrogen and oxygen atoms in total. The van der Waals surface area contributed by atoms with E-state index in [1.165, 1.54) is 19.3 Å². The fraction of sp³-hybridized carbons (Fsp3) is 1.00. The third-order valence-corrected chi connectivity index (χ3v) is 4.98. The Morgan fingerprint density at radius 2 is 2.17 bits per heavy atom. The van der Waals surface area contributed by atoms with Crippen molar-refractivity contribution in [2.24, 2.45) is 17.6 Å². The van der Waals surface area contributed by atoms with Gasteiger partial charge in [0.1, 0.15) is 0 Å². The summed E-state index contributed by atoms with van der Waals surface area (Å²) >= 11 is 0. The summed E-state index contributed by atoms with van der Waals surface area (Å²) in [5.41, 5.74) is 6.06. The quantitative estimate of drug-likeness (QED) is 0.698. The third-order valence-electron chi connectivity index (χ3n) is 4.98. The number of ether oxygens (including phenoxy) is 1. The van der Waals surface area contributed by atoms with Crippen LogP contribution in [-0.2, 0) is 4.74 Å². The van der Waals surface area contributed by atoms with Crippen LogP contribution in [0.1, 0.15) is 39.0 Å². The van der Waals surface area contributed by atoms with Crippen molar-refractivity contribution in [2.45, 2.75) is 50.6 Å². The first-order chi connectivity index (χ1) is 8.72. The number of aliphatic hydroxyl groups is 1. The summed E-state index contributed by atoms with van der Waals surface area (Å²) in [6, 6.07) is 0.424. The van der Waals surface area contributed by atoms with Gasteiger partial charge in [0.05, 0.1) is 6.61 Å². The Hall–Kier alpha value is -0.160. The lowest BCUT2D eigenvalue weighted by molar-refractivity contribution is -0.0161. The van der Waals surface area contributed by atoms with Crippen LogP contribution in [0.5, 0.6) is 0 Å². The minimum absolute atomic E-state index is 0.00762. The molecule has 1 saturated carbocycles. The summed E-state index contributed by atoms with van der Waals surface area (Å²) in [5.74, 6) is 0.842. The molecule has 0 radical (unpaired) electrons. The van der Waals surface area contributed by atoms with Crippen molar-refractivity contribution in [3.8, 4) is 0 Å². The normalized spacial score (nSPS) is 41.8. The van der Waals surface area contributed by atoms with Crippen LogP contribution < -0.4 is 11.1 Å². The first-order valence-electron chi connectivity index (χ1n) is 7.38. The molecule has 106 valence electrons. The Kier molecular flexibility index (Phi) is 5.01. The van der Waals surface area contributed by atoms with E-state index < -0.39 is 0 Å². The van der Waals surface area contributed by atoms with Gasteiger partial charge in [-0.3, -0.25) is 0 Å². The van der Waals surface area contributed by atoms with E-state index in [4.69, 9.17) is 10.5 Å². The largest absolute Gasteiger partial charge is 0.396 e. The molecule has 0 aromatic carbocycles. The second-order valence-corrected chi connectivity index (χ2v) is 6.06. The second kappa shape index (κ2) is 6.33. The molecule has 0 amide bonds. The van der Waals surface area contributed by atoms with Gasteiger partial charge in [0.2, 0.25) is 0 Å². The van der Waals surface area contributed by atoms with E-state index >= 15 is 0 Å². The Labute approximate surface area is 110 Å².